The molecule has 2 heterocycles. The number of benzene rings is 3. The predicted octanol–water partition coefficient (Wildman–Crippen LogP) is 5.96. The average Bonchev–Trinajstić information content (AvgIpc) is 2.99. The molecule has 0 fully saturated rings. The number of aryl methyl sites for hydroxylation is 2. The van der Waals surface area contributed by atoms with E-state index in [9.17, 15) is 0 Å². The molecule has 0 aliphatic carbocycles. The summed E-state index contributed by atoms with van der Waals surface area (Å²) in [6.07, 6.45) is 0. The van der Waals surface area contributed by atoms with Gasteiger partial charge in [-0.25, -0.2) is 0 Å². The van der Waals surface area contributed by atoms with Crippen molar-refractivity contribution in [1.29, 1.82) is 0 Å². The molecule has 0 saturated heterocycles. The molecule has 0 radical (unpaired) electrons. The topological polar surface area (TPSA) is 21.1 Å². The van der Waals surface area contributed by atoms with Crippen molar-refractivity contribution < 1.29 is 0 Å². The number of nitrogens with zero attached hydrogens (tertiary/aromatic N) is 3. The van der Waals surface area contributed by atoms with Gasteiger partial charge in [0.2, 0.25) is 0 Å². The standard InChI is InChI=1S/C24H21N3/c1-16-14-24(19-9-4-6-10-21(19)25-16)26(2)17-12-13-23-20(15-17)18-8-5-7-11-22(18)27(23)3/h4-15H,1-3H3. The Morgan fingerprint density at radius 3 is 2.33 bits per heavy atom. The van der Waals surface area contributed by atoms with Gasteiger partial charge >= 0.3 is 0 Å². The van der Waals surface area contributed by atoms with Gasteiger partial charge in [-0.1, -0.05) is 36.4 Å². The lowest BCUT2D eigenvalue weighted by Gasteiger charge is -2.22. The Bertz CT molecular complexity index is 1310. The van der Waals surface area contributed by atoms with E-state index in [0.717, 1.165) is 11.2 Å². The normalized spacial score (nSPS) is 11.5. The van der Waals surface area contributed by atoms with E-state index in [4.69, 9.17) is 0 Å². The molecule has 0 atom stereocenters. The van der Waals surface area contributed by atoms with Crippen LogP contribution in [0.1, 0.15) is 5.69 Å². The van der Waals surface area contributed by atoms with Crippen LogP contribution in [-0.4, -0.2) is 16.6 Å². The molecule has 0 bridgehead atoms. The third kappa shape index (κ3) is 2.39. The number of aromatic nitrogens is 2. The second-order valence-corrected chi connectivity index (χ2v) is 7.14. The zero-order valence-corrected chi connectivity index (χ0v) is 15.8. The van der Waals surface area contributed by atoms with Gasteiger partial charge in [-0.3, -0.25) is 4.98 Å². The lowest BCUT2D eigenvalue weighted by atomic mass is 10.1. The molecule has 27 heavy (non-hydrogen) atoms. The summed E-state index contributed by atoms with van der Waals surface area (Å²) in [4.78, 5) is 6.94. The van der Waals surface area contributed by atoms with Crippen molar-refractivity contribution in [2.45, 2.75) is 6.92 Å². The molecule has 3 aromatic carbocycles. The van der Waals surface area contributed by atoms with E-state index in [1.54, 1.807) is 0 Å². The second kappa shape index (κ2) is 5.85. The zero-order chi connectivity index (χ0) is 18.5. The highest BCUT2D eigenvalue weighted by Gasteiger charge is 2.13. The molecular weight excluding hydrogens is 330 g/mol. The van der Waals surface area contributed by atoms with Crippen molar-refractivity contribution in [3.8, 4) is 0 Å². The van der Waals surface area contributed by atoms with Crippen molar-refractivity contribution in [3.63, 3.8) is 0 Å². The fourth-order valence-corrected chi connectivity index (χ4v) is 4.07. The lowest BCUT2D eigenvalue weighted by molar-refractivity contribution is 1.01. The van der Waals surface area contributed by atoms with Gasteiger partial charge < -0.3 is 9.47 Å². The number of pyridine rings is 1. The van der Waals surface area contributed by atoms with E-state index in [2.05, 4.69) is 102 Å². The van der Waals surface area contributed by atoms with Crippen molar-refractivity contribution in [2.75, 3.05) is 11.9 Å². The van der Waals surface area contributed by atoms with Gasteiger partial charge in [-0.2, -0.15) is 0 Å². The van der Waals surface area contributed by atoms with Crippen LogP contribution in [0.15, 0.2) is 72.8 Å². The minimum absolute atomic E-state index is 1.03. The monoisotopic (exact) mass is 351 g/mol. The maximum atomic E-state index is 4.68. The number of para-hydroxylation sites is 2. The molecule has 3 heteroatoms. The molecule has 0 N–H and O–H groups in total. The van der Waals surface area contributed by atoms with Gasteiger partial charge in [-0.15, -0.1) is 0 Å². The smallest absolute Gasteiger partial charge is 0.0726 e. The Kier molecular flexibility index (Phi) is 3.44. The predicted molar refractivity (Wildman–Crippen MR) is 115 cm³/mol. The molecule has 5 aromatic rings. The van der Waals surface area contributed by atoms with Gasteiger partial charge in [0.05, 0.1) is 11.2 Å². The molecule has 5 rings (SSSR count). The van der Waals surface area contributed by atoms with Gasteiger partial charge in [0.1, 0.15) is 0 Å². The van der Waals surface area contributed by atoms with Crippen LogP contribution in [0.3, 0.4) is 0 Å². The summed E-state index contributed by atoms with van der Waals surface area (Å²) in [6, 6.07) is 25.8. The van der Waals surface area contributed by atoms with Gasteiger partial charge in [0, 0.05) is 52.7 Å². The van der Waals surface area contributed by atoms with E-state index in [-0.39, 0.29) is 0 Å². The highest BCUT2D eigenvalue weighted by Crippen LogP contribution is 2.35. The summed E-state index contributed by atoms with van der Waals surface area (Å²) in [5, 5.41) is 3.75. The first-order valence-corrected chi connectivity index (χ1v) is 9.21. The van der Waals surface area contributed by atoms with E-state index in [0.29, 0.717) is 0 Å². The molecule has 0 spiro atoms. The summed E-state index contributed by atoms with van der Waals surface area (Å²) >= 11 is 0. The van der Waals surface area contributed by atoms with E-state index in [1.165, 1.54) is 38.6 Å². The molecule has 0 aliphatic heterocycles. The highest BCUT2D eigenvalue weighted by atomic mass is 15.1. The molecule has 0 aliphatic rings. The van der Waals surface area contributed by atoms with Gasteiger partial charge in [0.15, 0.2) is 0 Å². The zero-order valence-electron chi connectivity index (χ0n) is 15.8. The summed E-state index contributed by atoms with van der Waals surface area (Å²) in [7, 11) is 4.27. The Morgan fingerprint density at radius 2 is 1.48 bits per heavy atom. The van der Waals surface area contributed by atoms with Crippen molar-refractivity contribution >= 4 is 44.1 Å². The van der Waals surface area contributed by atoms with Crippen LogP contribution in [0.5, 0.6) is 0 Å². The Morgan fingerprint density at radius 1 is 0.778 bits per heavy atom. The van der Waals surface area contributed by atoms with Crippen LogP contribution in [0.4, 0.5) is 11.4 Å². The molecule has 2 aromatic heterocycles. The Hall–Kier alpha value is -3.33. The van der Waals surface area contributed by atoms with E-state index in [1.807, 2.05) is 6.07 Å². The fraction of sp³-hybridized carbons (Fsp3) is 0.125. The Balaban J connectivity index is 1.73. The molecule has 0 amide bonds. The van der Waals surface area contributed by atoms with E-state index >= 15 is 0 Å². The van der Waals surface area contributed by atoms with Crippen LogP contribution in [0, 0.1) is 6.92 Å². The van der Waals surface area contributed by atoms with Crippen LogP contribution in [-0.2, 0) is 7.05 Å². The van der Waals surface area contributed by atoms with Crippen molar-refractivity contribution in [3.05, 3.63) is 78.5 Å². The number of rotatable bonds is 2. The maximum absolute atomic E-state index is 4.68. The number of fused-ring (bicyclic) bond motifs is 4. The SMILES string of the molecule is Cc1cc(N(C)c2ccc3c(c2)c2ccccc2n3C)c2ccccc2n1. The van der Waals surface area contributed by atoms with Gasteiger partial charge in [0.25, 0.3) is 0 Å². The average molecular weight is 351 g/mol. The largest absolute Gasteiger partial charge is 0.344 e. The molecule has 132 valence electrons. The first kappa shape index (κ1) is 15.9. The van der Waals surface area contributed by atoms with Crippen LogP contribution in [0.2, 0.25) is 0 Å². The second-order valence-electron chi connectivity index (χ2n) is 7.14. The third-order valence-corrected chi connectivity index (χ3v) is 5.47. The number of hydrogen-bond acceptors (Lipinski definition) is 2. The Labute approximate surface area is 158 Å². The summed E-state index contributed by atoms with van der Waals surface area (Å²) in [5.41, 5.74) is 6.93. The first-order valence-electron chi connectivity index (χ1n) is 9.21. The third-order valence-electron chi connectivity index (χ3n) is 5.47. The van der Waals surface area contributed by atoms with Crippen molar-refractivity contribution in [2.24, 2.45) is 7.05 Å². The fourth-order valence-electron chi connectivity index (χ4n) is 4.07. The maximum Gasteiger partial charge on any atom is 0.0726 e. The minimum atomic E-state index is 1.03. The molecular formula is C24H21N3. The summed E-state index contributed by atoms with van der Waals surface area (Å²) in [5.74, 6) is 0. The number of anilines is 2. The number of hydrogen-bond donors (Lipinski definition) is 0. The summed E-state index contributed by atoms with van der Waals surface area (Å²) < 4.78 is 2.26. The van der Waals surface area contributed by atoms with Gasteiger partial charge in [-0.05, 0) is 43.3 Å². The molecule has 0 unspecified atom stereocenters. The molecule has 0 saturated carbocycles. The first-order chi connectivity index (χ1) is 13.1. The quantitative estimate of drug-likeness (QED) is 0.391. The highest BCUT2D eigenvalue weighted by molar-refractivity contribution is 6.09. The van der Waals surface area contributed by atoms with E-state index < -0.39 is 0 Å². The minimum Gasteiger partial charge on any atom is -0.344 e. The van der Waals surface area contributed by atoms with Crippen LogP contribution < -0.4 is 4.90 Å². The lowest BCUT2D eigenvalue weighted by Crippen LogP contribution is -2.10. The van der Waals surface area contributed by atoms with Crippen LogP contribution >= 0.6 is 0 Å². The van der Waals surface area contributed by atoms with Crippen LogP contribution in [0.25, 0.3) is 32.7 Å². The molecule has 3 nitrogen and oxygen atoms in total. The summed E-state index contributed by atoms with van der Waals surface area (Å²) in [6.45, 7) is 2.05. The van der Waals surface area contributed by atoms with Crippen molar-refractivity contribution in [1.82, 2.24) is 9.55 Å².